The molecular weight excluding hydrogens is 230 g/mol. The molecule has 0 spiro atoms. The molecule has 0 unspecified atom stereocenters. The normalized spacial score (nSPS) is 11.4. The summed E-state index contributed by atoms with van der Waals surface area (Å²) in [6, 6.07) is 3.90. The number of benzene rings is 1. The number of aliphatic hydroxyl groups is 1. The van der Waals surface area contributed by atoms with Crippen LogP contribution in [0, 0.1) is 6.92 Å². The highest BCUT2D eigenvalue weighted by molar-refractivity contribution is 5.49. The molecule has 18 heavy (non-hydrogen) atoms. The van der Waals surface area contributed by atoms with Crippen molar-refractivity contribution >= 4 is 0 Å². The maximum atomic E-state index is 9.65. The minimum atomic E-state index is -0.714. The predicted octanol–water partition coefficient (Wildman–Crippen LogP) is 1.87. The quantitative estimate of drug-likeness (QED) is 0.812. The van der Waals surface area contributed by atoms with E-state index in [9.17, 15) is 5.11 Å². The second-order valence-electron chi connectivity index (χ2n) is 5.00. The molecule has 0 fully saturated rings. The Kier molecular flexibility index (Phi) is 4.99. The SMILES string of the molecule is COc1ccc(CNCC(C)(C)O)c(OC)c1C. The van der Waals surface area contributed by atoms with E-state index in [2.05, 4.69) is 5.32 Å². The zero-order valence-corrected chi connectivity index (χ0v) is 11.8. The van der Waals surface area contributed by atoms with Crippen molar-refractivity contribution in [3.05, 3.63) is 23.3 Å². The maximum absolute atomic E-state index is 9.65. The molecule has 0 aliphatic carbocycles. The first-order valence-corrected chi connectivity index (χ1v) is 6.02. The van der Waals surface area contributed by atoms with Gasteiger partial charge in [-0.05, 0) is 26.8 Å². The average Bonchev–Trinajstić information content (AvgIpc) is 2.28. The van der Waals surface area contributed by atoms with E-state index >= 15 is 0 Å². The van der Waals surface area contributed by atoms with Crippen LogP contribution in [0.15, 0.2) is 12.1 Å². The summed E-state index contributed by atoms with van der Waals surface area (Å²) in [5.74, 6) is 1.65. The largest absolute Gasteiger partial charge is 0.496 e. The standard InChI is InChI=1S/C14H23NO3/c1-10-12(17-4)7-6-11(13(10)18-5)8-15-9-14(2,3)16/h6-7,15-16H,8-9H2,1-5H3. The van der Waals surface area contributed by atoms with Gasteiger partial charge < -0.3 is 19.9 Å². The lowest BCUT2D eigenvalue weighted by Crippen LogP contribution is -2.34. The van der Waals surface area contributed by atoms with Crippen molar-refractivity contribution in [1.29, 1.82) is 0 Å². The summed E-state index contributed by atoms with van der Waals surface area (Å²) in [6.45, 7) is 6.70. The average molecular weight is 253 g/mol. The van der Waals surface area contributed by atoms with E-state index in [0.29, 0.717) is 13.1 Å². The first kappa shape index (κ1) is 14.8. The highest BCUT2D eigenvalue weighted by atomic mass is 16.5. The summed E-state index contributed by atoms with van der Waals surface area (Å²) >= 11 is 0. The van der Waals surface area contributed by atoms with Crippen LogP contribution < -0.4 is 14.8 Å². The van der Waals surface area contributed by atoms with Gasteiger partial charge in [0.1, 0.15) is 11.5 Å². The first-order valence-electron chi connectivity index (χ1n) is 6.02. The molecule has 4 nitrogen and oxygen atoms in total. The molecule has 0 radical (unpaired) electrons. The van der Waals surface area contributed by atoms with Crippen molar-refractivity contribution in [2.75, 3.05) is 20.8 Å². The van der Waals surface area contributed by atoms with Crippen LogP contribution in [0.2, 0.25) is 0 Å². The summed E-state index contributed by atoms with van der Waals surface area (Å²) in [5, 5.41) is 12.9. The van der Waals surface area contributed by atoms with E-state index in [1.54, 1.807) is 28.1 Å². The minimum absolute atomic E-state index is 0.529. The van der Waals surface area contributed by atoms with Gasteiger partial charge in [-0.2, -0.15) is 0 Å². The number of hydrogen-bond acceptors (Lipinski definition) is 4. The van der Waals surface area contributed by atoms with Gasteiger partial charge >= 0.3 is 0 Å². The van der Waals surface area contributed by atoms with E-state index in [1.165, 1.54) is 0 Å². The second-order valence-corrected chi connectivity index (χ2v) is 5.00. The van der Waals surface area contributed by atoms with Gasteiger partial charge in [0.05, 0.1) is 19.8 Å². The molecule has 0 bridgehead atoms. The van der Waals surface area contributed by atoms with Gasteiger partial charge in [0.2, 0.25) is 0 Å². The van der Waals surface area contributed by atoms with Crippen LogP contribution in [-0.2, 0) is 6.54 Å². The molecule has 1 aromatic rings. The first-order chi connectivity index (χ1) is 8.39. The molecule has 4 heteroatoms. The van der Waals surface area contributed by atoms with Crippen molar-refractivity contribution < 1.29 is 14.6 Å². The van der Waals surface area contributed by atoms with Crippen LogP contribution >= 0.6 is 0 Å². The Balaban J connectivity index is 2.80. The lowest BCUT2D eigenvalue weighted by atomic mass is 10.1. The number of nitrogens with one attached hydrogen (secondary N) is 1. The molecule has 1 aromatic carbocycles. The van der Waals surface area contributed by atoms with Gasteiger partial charge in [-0.1, -0.05) is 6.07 Å². The Morgan fingerprint density at radius 2 is 1.89 bits per heavy atom. The van der Waals surface area contributed by atoms with Crippen LogP contribution in [-0.4, -0.2) is 31.5 Å². The van der Waals surface area contributed by atoms with Crippen LogP contribution in [0.5, 0.6) is 11.5 Å². The molecule has 0 atom stereocenters. The molecule has 102 valence electrons. The van der Waals surface area contributed by atoms with E-state index in [0.717, 1.165) is 22.6 Å². The summed E-state index contributed by atoms with van der Waals surface area (Å²) < 4.78 is 10.7. The Morgan fingerprint density at radius 3 is 2.39 bits per heavy atom. The fourth-order valence-electron chi connectivity index (χ4n) is 1.88. The molecule has 0 saturated heterocycles. The number of rotatable bonds is 6. The van der Waals surface area contributed by atoms with Crippen molar-refractivity contribution in [2.45, 2.75) is 32.9 Å². The third kappa shape index (κ3) is 3.89. The minimum Gasteiger partial charge on any atom is -0.496 e. The van der Waals surface area contributed by atoms with Crippen molar-refractivity contribution in [2.24, 2.45) is 0 Å². The number of methoxy groups -OCH3 is 2. The Bertz CT molecular complexity index is 397. The maximum Gasteiger partial charge on any atom is 0.129 e. The van der Waals surface area contributed by atoms with Gasteiger partial charge in [-0.25, -0.2) is 0 Å². The van der Waals surface area contributed by atoms with Crippen molar-refractivity contribution in [1.82, 2.24) is 5.32 Å². The van der Waals surface area contributed by atoms with E-state index in [1.807, 2.05) is 19.1 Å². The van der Waals surface area contributed by atoms with Crippen LogP contribution in [0.3, 0.4) is 0 Å². The van der Waals surface area contributed by atoms with Gasteiger partial charge in [-0.3, -0.25) is 0 Å². The molecule has 0 heterocycles. The zero-order valence-electron chi connectivity index (χ0n) is 11.8. The van der Waals surface area contributed by atoms with Crippen LogP contribution in [0.4, 0.5) is 0 Å². The smallest absolute Gasteiger partial charge is 0.129 e. The molecule has 0 aliphatic rings. The van der Waals surface area contributed by atoms with E-state index < -0.39 is 5.60 Å². The van der Waals surface area contributed by atoms with E-state index in [4.69, 9.17) is 9.47 Å². The zero-order chi connectivity index (χ0) is 13.8. The fourth-order valence-corrected chi connectivity index (χ4v) is 1.88. The third-order valence-corrected chi connectivity index (χ3v) is 2.73. The van der Waals surface area contributed by atoms with Crippen LogP contribution in [0.25, 0.3) is 0 Å². The van der Waals surface area contributed by atoms with Gasteiger partial charge in [0, 0.05) is 24.2 Å². The molecule has 1 rings (SSSR count). The van der Waals surface area contributed by atoms with Crippen molar-refractivity contribution in [3.63, 3.8) is 0 Å². The highest BCUT2D eigenvalue weighted by Gasteiger charge is 2.14. The van der Waals surface area contributed by atoms with Gasteiger partial charge in [0.15, 0.2) is 0 Å². The number of ether oxygens (including phenoxy) is 2. The monoisotopic (exact) mass is 253 g/mol. The molecule has 0 amide bonds. The number of hydrogen-bond donors (Lipinski definition) is 2. The molecule has 2 N–H and O–H groups in total. The van der Waals surface area contributed by atoms with Gasteiger partial charge in [-0.15, -0.1) is 0 Å². The third-order valence-electron chi connectivity index (χ3n) is 2.73. The summed E-state index contributed by atoms with van der Waals surface area (Å²) in [5.41, 5.74) is 1.33. The molecular formula is C14H23NO3. The fraction of sp³-hybridized carbons (Fsp3) is 0.571. The van der Waals surface area contributed by atoms with Gasteiger partial charge in [0.25, 0.3) is 0 Å². The Labute approximate surface area is 109 Å². The summed E-state index contributed by atoms with van der Waals surface area (Å²) in [4.78, 5) is 0. The topological polar surface area (TPSA) is 50.7 Å². The summed E-state index contributed by atoms with van der Waals surface area (Å²) in [7, 11) is 3.30. The second kappa shape index (κ2) is 6.07. The highest BCUT2D eigenvalue weighted by Crippen LogP contribution is 2.31. The van der Waals surface area contributed by atoms with Crippen LogP contribution in [0.1, 0.15) is 25.0 Å². The predicted molar refractivity (Wildman–Crippen MR) is 72.3 cm³/mol. The Hall–Kier alpha value is -1.26. The summed E-state index contributed by atoms with van der Waals surface area (Å²) in [6.07, 6.45) is 0. The Morgan fingerprint density at radius 1 is 1.22 bits per heavy atom. The lowest BCUT2D eigenvalue weighted by molar-refractivity contribution is 0.0794. The lowest BCUT2D eigenvalue weighted by Gasteiger charge is -2.19. The molecule has 0 aromatic heterocycles. The molecule has 0 aliphatic heterocycles. The van der Waals surface area contributed by atoms with E-state index in [-0.39, 0.29) is 0 Å². The van der Waals surface area contributed by atoms with Crippen molar-refractivity contribution in [3.8, 4) is 11.5 Å². The molecule has 0 saturated carbocycles.